The number of carbonyl (C=O) groups is 1. The van der Waals surface area contributed by atoms with Gasteiger partial charge in [-0.05, 0) is 64.0 Å². The van der Waals surface area contributed by atoms with Crippen LogP contribution in [0.5, 0.6) is 5.75 Å². The number of hydrogen-bond donors (Lipinski definition) is 1. The molecule has 0 spiro atoms. The van der Waals surface area contributed by atoms with Crippen LogP contribution in [-0.2, 0) is 6.61 Å². The average molecular weight is 513 g/mol. The zero-order valence-electron chi connectivity index (χ0n) is 14.8. The van der Waals surface area contributed by atoms with Crippen LogP contribution < -0.4 is 10.2 Å². The molecule has 0 radical (unpaired) electrons. The van der Waals surface area contributed by atoms with E-state index in [0.717, 1.165) is 5.56 Å². The number of halogens is 4. The minimum atomic E-state index is -0.339. The molecule has 0 bridgehead atoms. The molecule has 0 aliphatic carbocycles. The molecule has 0 heterocycles. The Morgan fingerprint density at radius 3 is 2.59 bits per heavy atom. The first-order valence-electron chi connectivity index (χ1n) is 8.38. The van der Waals surface area contributed by atoms with E-state index in [0.29, 0.717) is 36.4 Å². The van der Waals surface area contributed by atoms with Crippen LogP contribution in [0.4, 0.5) is 0 Å². The van der Waals surface area contributed by atoms with Gasteiger partial charge >= 0.3 is 0 Å². The number of hydrazone groups is 1. The third kappa shape index (κ3) is 5.97. The highest BCUT2D eigenvalue weighted by Crippen LogP contribution is 2.25. The molecule has 0 fully saturated rings. The van der Waals surface area contributed by atoms with Crippen LogP contribution in [0.2, 0.25) is 15.1 Å². The Bertz CT molecular complexity index is 1070. The molecule has 148 valence electrons. The lowest BCUT2D eigenvalue weighted by Crippen LogP contribution is -2.18. The molecule has 3 aromatic carbocycles. The van der Waals surface area contributed by atoms with Gasteiger partial charge in [0.15, 0.2) is 0 Å². The molecule has 4 nitrogen and oxygen atoms in total. The maximum Gasteiger partial charge on any atom is 0.272 e. The minimum absolute atomic E-state index is 0.280. The number of benzene rings is 3. The summed E-state index contributed by atoms with van der Waals surface area (Å²) >= 11 is 21.4. The summed E-state index contributed by atoms with van der Waals surface area (Å²) in [7, 11) is 0. The molecule has 0 aromatic heterocycles. The number of nitrogens with zero attached hydrogens (tertiary/aromatic N) is 1. The van der Waals surface area contributed by atoms with E-state index < -0.39 is 0 Å². The first-order chi connectivity index (χ1) is 13.9. The van der Waals surface area contributed by atoms with Crippen molar-refractivity contribution in [2.24, 2.45) is 5.10 Å². The van der Waals surface area contributed by atoms with Crippen LogP contribution >= 0.6 is 50.7 Å². The van der Waals surface area contributed by atoms with Crippen molar-refractivity contribution in [1.29, 1.82) is 0 Å². The molecule has 0 aliphatic heterocycles. The summed E-state index contributed by atoms with van der Waals surface area (Å²) < 4.78 is 6.54. The largest absolute Gasteiger partial charge is 0.488 e. The second-order valence-electron chi connectivity index (χ2n) is 5.90. The second-order valence-corrected chi connectivity index (χ2v) is 8.00. The van der Waals surface area contributed by atoms with Crippen LogP contribution in [0.25, 0.3) is 0 Å². The predicted molar refractivity (Wildman–Crippen MR) is 121 cm³/mol. The van der Waals surface area contributed by atoms with Gasteiger partial charge in [-0.1, -0.05) is 53.0 Å². The molecular formula is C21H14BrCl3N2O2. The first kappa shape index (κ1) is 21.7. The summed E-state index contributed by atoms with van der Waals surface area (Å²) in [6.07, 6.45) is 1.48. The van der Waals surface area contributed by atoms with E-state index >= 15 is 0 Å². The standard InChI is InChI=1S/C21H14BrCl3N2O2/c22-17-4-2-1-3-16(17)21(28)27-26-11-14-10-15(23)6-8-20(14)29-12-13-5-7-18(24)19(25)9-13/h1-11H,12H2,(H,27,28)/b26-11-. The number of amides is 1. The minimum Gasteiger partial charge on any atom is -0.488 e. The third-order valence-electron chi connectivity index (χ3n) is 3.84. The van der Waals surface area contributed by atoms with Crippen molar-refractivity contribution in [3.8, 4) is 5.75 Å². The van der Waals surface area contributed by atoms with Crippen LogP contribution in [0.1, 0.15) is 21.5 Å². The summed E-state index contributed by atoms with van der Waals surface area (Å²) in [6.45, 7) is 0.280. The lowest BCUT2D eigenvalue weighted by Gasteiger charge is -2.10. The van der Waals surface area contributed by atoms with E-state index in [4.69, 9.17) is 39.5 Å². The van der Waals surface area contributed by atoms with Crippen LogP contribution in [0.3, 0.4) is 0 Å². The fraction of sp³-hybridized carbons (Fsp3) is 0.0476. The van der Waals surface area contributed by atoms with E-state index in [2.05, 4.69) is 26.5 Å². The quantitative estimate of drug-likeness (QED) is 0.293. The van der Waals surface area contributed by atoms with Gasteiger partial charge in [0, 0.05) is 15.1 Å². The molecule has 0 unspecified atom stereocenters. The first-order valence-corrected chi connectivity index (χ1v) is 10.3. The molecule has 0 saturated carbocycles. The van der Waals surface area contributed by atoms with Crippen molar-refractivity contribution in [2.75, 3.05) is 0 Å². The van der Waals surface area contributed by atoms with E-state index in [1.165, 1.54) is 6.21 Å². The third-order valence-corrected chi connectivity index (χ3v) is 5.50. The summed E-state index contributed by atoms with van der Waals surface area (Å²) in [5.41, 5.74) is 4.45. The highest BCUT2D eigenvalue weighted by Gasteiger charge is 2.09. The van der Waals surface area contributed by atoms with Crippen LogP contribution in [0, 0.1) is 0 Å². The topological polar surface area (TPSA) is 50.7 Å². The lowest BCUT2D eigenvalue weighted by molar-refractivity contribution is 0.0954. The Morgan fingerprint density at radius 1 is 1.03 bits per heavy atom. The molecule has 0 atom stereocenters. The maximum atomic E-state index is 12.2. The monoisotopic (exact) mass is 510 g/mol. The zero-order chi connectivity index (χ0) is 20.8. The van der Waals surface area contributed by atoms with Gasteiger partial charge in [-0.3, -0.25) is 4.79 Å². The van der Waals surface area contributed by atoms with Gasteiger partial charge in [0.1, 0.15) is 12.4 Å². The van der Waals surface area contributed by atoms with Gasteiger partial charge < -0.3 is 4.74 Å². The molecule has 3 rings (SSSR count). The van der Waals surface area contributed by atoms with Gasteiger partial charge in [0.25, 0.3) is 5.91 Å². The Kier molecular flexibility index (Phi) is 7.56. The summed E-state index contributed by atoms with van der Waals surface area (Å²) in [5.74, 6) is 0.216. The summed E-state index contributed by atoms with van der Waals surface area (Å²) in [5, 5.41) is 5.48. The predicted octanol–water partition coefficient (Wildman–Crippen LogP) is 6.75. The van der Waals surface area contributed by atoms with Gasteiger partial charge in [-0.2, -0.15) is 5.10 Å². The number of rotatable bonds is 6. The van der Waals surface area contributed by atoms with Gasteiger partial charge in [0.2, 0.25) is 0 Å². The zero-order valence-corrected chi connectivity index (χ0v) is 18.7. The normalized spacial score (nSPS) is 10.9. The molecule has 0 saturated heterocycles. The average Bonchev–Trinajstić information content (AvgIpc) is 2.70. The number of nitrogens with one attached hydrogen (secondary N) is 1. The van der Waals surface area contributed by atoms with Gasteiger partial charge in [0.05, 0.1) is 21.8 Å². The van der Waals surface area contributed by atoms with Gasteiger partial charge in [-0.15, -0.1) is 0 Å². The Morgan fingerprint density at radius 2 is 1.83 bits per heavy atom. The van der Waals surface area contributed by atoms with E-state index in [-0.39, 0.29) is 12.5 Å². The highest BCUT2D eigenvalue weighted by molar-refractivity contribution is 9.10. The Labute approximate surface area is 191 Å². The van der Waals surface area contributed by atoms with Crippen molar-refractivity contribution >= 4 is 62.9 Å². The molecule has 1 N–H and O–H groups in total. The molecule has 29 heavy (non-hydrogen) atoms. The van der Waals surface area contributed by atoms with Crippen LogP contribution in [0.15, 0.2) is 70.2 Å². The number of carbonyl (C=O) groups excluding carboxylic acids is 1. The van der Waals surface area contributed by atoms with Crippen molar-refractivity contribution < 1.29 is 9.53 Å². The lowest BCUT2D eigenvalue weighted by atomic mass is 10.2. The molecule has 0 aliphatic rings. The Hall–Kier alpha value is -2.05. The SMILES string of the molecule is O=C(N/N=C\c1cc(Cl)ccc1OCc1ccc(Cl)c(Cl)c1)c1ccccc1Br. The summed E-state index contributed by atoms with van der Waals surface area (Å²) in [4.78, 5) is 12.2. The Balaban J connectivity index is 1.71. The van der Waals surface area contributed by atoms with E-state index in [1.54, 1.807) is 48.5 Å². The number of hydrogen-bond acceptors (Lipinski definition) is 3. The molecule has 8 heteroatoms. The molecular weight excluding hydrogens is 499 g/mol. The van der Waals surface area contributed by atoms with Crippen molar-refractivity contribution in [3.05, 3.63) is 96.9 Å². The van der Waals surface area contributed by atoms with Crippen molar-refractivity contribution in [2.45, 2.75) is 6.61 Å². The smallest absolute Gasteiger partial charge is 0.272 e. The summed E-state index contributed by atoms with van der Waals surface area (Å²) in [6, 6.07) is 17.5. The maximum absolute atomic E-state index is 12.2. The second kappa shape index (κ2) is 10.1. The van der Waals surface area contributed by atoms with Gasteiger partial charge in [-0.25, -0.2) is 5.43 Å². The highest BCUT2D eigenvalue weighted by atomic mass is 79.9. The fourth-order valence-corrected chi connectivity index (χ4v) is 3.37. The van der Waals surface area contributed by atoms with Crippen molar-refractivity contribution in [1.82, 2.24) is 5.43 Å². The van der Waals surface area contributed by atoms with E-state index in [9.17, 15) is 4.79 Å². The molecule has 1 amide bonds. The van der Waals surface area contributed by atoms with Crippen molar-refractivity contribution in [3.63, 3.8) is 0 Å². The fourth-order valence-electron chi connectivity index (χ4n) is 2.41. The molecule has 3 aromatic rings. The van der Waals surface area contributed by atoms with E-state index in [1.807, 2.05) is 12.1 Å². The number of ether oxygens (including phenoxy) is 1. The van der Waals surface area contributed by atoms with Crippen LogP contribution in [-0.4, -0.2) is 12.1 Å².